The molecule has 70 valence electrons. The molecule has 3 heteroatoms. The van der Waals surface area contributed by atoms with Crippen LogP contribution in [0.15, 0.2) is 23.1 Å². The molecule has 0 unspecified atom stereocenters. The van der Waals surface area contributed by atoms with Gasteiger partial charge in [-0.05, 0) is 35.1 Å². The Labute approximate surface area is 80.7 Å². The molecule has 0 fully saturated rings. The third-order valence-electron chi connectivity index (χ3n) is 2.24. The van der Waals surface area contributed by atoms with Crippen molar-refractivity contribution in [1.29, 1.82) is 0 Å². The van der Waals surface area contributed by atoms with Crippen LogP contribution in [0, 0.1) is 0 Å². The summed E-state index contributed by atoms with van der Waals surface area (Å²) < 4.78 is 0. The predicted octanol–water partition coefficient (Wildman–Crippen LogP) is 1.80. The minimum absolute atomic E-state index is 0.110. The number of hydrogen-bond donors (Lipinski definition) is 2. The Morgan fingerprint density at radius 2 is 2.15 bits per heavy atom. The van der Waals surface area contributed by atoms with Gasteiger partial charge >= 0.3 is 0 Å². The van der Waals surface area contributed by atoms with Gasteiger partial charge in [0.2, 0.25) is 5.91 Å². The minimum atomic E-state index is -0.110. The molecule has 0 radical (unpaired) electrons. The van der Waals surface area contributed by atoms with Gasteiger partial charge in [-0.3, -0.25) is 4.79 Å². The SMILES string of the molecule is C[SH](C)c1cccc2c1CC(=O)N2. The Balaban J connectivity index is 2.51. The number of rotatable bonds is 1. The summed E-state index contributed by atoms with van der Waals surface area (Å²) in [6, 6.07) is 6.12. The third kappa shape index (κ3) is 1.44. The van der Waals surface area contributed by atoms with Crippen molar-refractivity contribution in [3.63, 3.8) is 0 Å². The van der Waals surface area contributed by atoms with Crippen molar-refractivity contribution >= 4 is 22.5 Å². The first-order chi connectivity index (χ1) is 6.18. The highest BCUT2D eigenvalue weighted by molar-refractivity contribution is 8.15. The molecule has 1 aromatic rings. The molecule has 2 rings (SSSR count). The van der Waals surface area contributed by atoms with Crippen molar-refractivity contribution in [2.75, 3.05) is 17.8 Å². The molecule has 0 bridgehead atoms. The molecule has 1 aliphatic rings. The van der Waals surface area contributed by atoms with E-state index in [1.807, 2.05) is 12.1 Å². The number of carbonyl (C=O) groups is 1. The van der Waals surface area contributed by atoms with E-state index in [9.17, 15) is 4.79 Å². The molecule has 1 heterocycles. The van der Waals surface area contributed by atoms with Crippen molar-refractivity contribution in [3.8, 4) is 0 Å². The van der Waals surface area contributed by atoms with Gasteiger partial charge in [0.15, 0.2) is 0 Å². The summed E-state index contributed by atoms with van der Waals surface area (Å²) in [5.41, 5.74) is 2.22. The highest BCUT2D eigenvalue weighted by atomic mass is 32.2. The number of nitrogens with one attached hydrogen (secondary N) is 1. The number of carbonyl (C=O) groups excluding carboxylic acids is 1. The fourth-order valence-corrected chi connectivity index (χ4v) is 2.78. The van der Waals surface area contributed by atoms with Crippen LogP contribution in [-0.2, 0) is 11.2 Å². The first kappa shape index (κ1) is 8.63. The predicted molar refractivity (Wildman–Crippen MR) is 57.9 cm³/mol. The molecule has 1 amide bonds. The van der Waals surface area contributed by atoms with Crippen molar-refractivity contribution in [1.82, 2.24) is 0 Å². The van der Waals surface area contributed by atoms with Crippen LogP contribution in [0.5, 0.6) is 0 Å². The van der Waals surface area contributed by atoms with E-state index in [2.05, 4.69) is 23.9 Å². The minimum Gasteiger partial charge on any atom is -0.325 e. The van der Waals surface area contributed by atoms with Crippen molar-refractivity contribution in [3.05, 3.63) is 23.8 Å². The summed E-state index contributed by atoms with van der Waals surface area (Å²) in [7, 11) is -0.110. The second-order valence-corrected chi connectivity index (χ2v) is 5.69. The molecule has 0 saturated heterocycles. The lowest BCUT2D eigenvalue weighted by Crippen LogP contribution is -2.03. The highest BCUT2D eigenvalue weighted by Gasteiger charge is 2.20. The quantitative estimate of drug-likeness (QED) is 0.657. The summed E-state index contributed by atoms with van der Waals surface area (Å²) >= 11 is 0. The maximum absolute atomic E-state index is 11.2. The molecular formula is C10H13NOS. The normalized spacial score (nSPS) is 15.2. The van der Waals surface area contributed by atoms with Crippen LogP contribution >= 0.6 is 10.9 Å². The molecule has 1 aromatic carbocycles. The van der Waals surface area contributed by atoms with Gasteiger partial charge in [0.1, 0.15) is 0 Å². The second-order valence-electron chi connectivity index (χ2n) is 3.42. The lowest BCUT2D eigenvalue weighted by atomic mass is 10.2. The van der Waals surface area contributed by atoms with Gasteiger partial charge < -0.3 is 5.32 Å². The van der Waals surface area contributed by atoms with E-state index >= 15 is 0 Å². The number of thiol groups is 1. The van der Waals surface area contributed by atoms with Crippen LogP contribution in [0.1, 0.15) is 5.56 Å². The smallest absolute Gasteiger partial charge is 0.228 e. The van der Waals surface area contributed by atoms with Gasteiger partial charge in [-0.25, -0.2) is 10.9 Å². The Bertz CT molecular complexity index is 360. The molecule has 13 heavy (non-hydrogen) atoms. The van der Waals surface area contributed by atoms with Gasteiger partial charge in [0, 0.05) is 5.69 Å². The summed E-state index contributed by atoms with van der Waals surface area (Å²) in [6.45, 7) is 0. The fourth-order valence-electron chi connectivity index (χ4n) is 1.65. The van der Waals surface area contributed by atoms with Gasteiger partial charge in [-0.1, -0.05) is 6.07 Å². The monoisotopic (exact) mass is 195 g/mol. The number of anilines is 1. The average Bonchev–Trinajstić information content (AvgIpc) is 2.43. The number of amides is 1. The maximum Gasteiger partial charge on any atom is 0.228 e. The van der Waals surface area contributed by atoms with Gasteiger partial charge in [-0.15, -0.1) is 0 Å². The average molecular weight is 195 g/mol. The van der Waals surface area contributed by atoms with Gasteiger partial charge in [-0.2, -0.15) is 0 Å². The van der Waals surface area contributed by atoms with Crippen molar-refractivity contribution in [2.24, 2.45) is 0 Å². The van der Waals surface area contributed by atoms with Crippen molar-refractivity contribution < 1.29 is 4.79 Å². The Morgan fingerprint density at radius 1 is 1.38 bits per heavy atom. The third-order valence-corrected chi connectivity index (χ3v) is 3.63. The first-order valence-corrected chi connectivity index (χ1v) is 6.51. The van der Waals surface area contributed by atoms with E-state index in [1.165, 1.54) is 10.5 Å². The van der Waals surface area contributed by atoms with Gasteiger partial charge in [0.05, 0.1) is 6.42 Å². The molecule has 2 nitrogen and oxygen atoms in total. The molecule has 0 saturated carbocycles. The van der Waals surface area contributed by atoms with E-state index in [0.717, 1.165) is 5.69 Å². The van der Waals surface area contributed by atoms with Crippen LogP contribution in [0.25, 0.3) is 0 Å². The van der Waals surface area contributed by atoms with Crippen molar-refractivity contribution in [2.45, 2.75) is 11.3 Å². The van der Waals surface area contributed by atoms with E-state index in [-0.39, 0.29) is 16.8 Å². The molecule has 1 aliphatic heterocycles. The zero-order valence-corrected chi connectivity index (χ0v) is 8.69. The fraction of sp³-hybridized carbons (Fsp3) is 0.300. The van der Waals surface area contributed by atoms with E-state index in [4.69, 9.17) is 0 Å². The molecule has 0 spiro atoms. The molecular weight excluding hydrogens is 182 g/mol. The van der Waals surface area contributed by atoms with Crippen LogP contribution < -0.4 is 5.32 Å². The summed E-state index contributed by atoms with van der Waals surface area (Å²) in [5.74, 6) is 0.124. The van der Waals surface area contributed by atoms with Crippen LogP contribution in [0.4, 0.5) is 5.69 Å². The Hall–Kier alpha value is -0.960. The topological polar surface area (TPSA) is 29.1 Å². The molecule has 0 atom stereocenters. The van der Waals surface area contributed by atoms with E-state index in [1.54, 1.807) is 0 Å². The summed E-state index contributed by atoms with van der Waals surface area (Å²) in [4.78, 5) is 12.5. The van der Waals surface area contributed by atoms with Crippen LogP contribution in [0.3, 0.4) is 0 Å². The zero-order valence-electron chi connectivity index (χ0n) is 7.79. The molecule has 0 aliphatic carbocycles. The first-order valence-electron chi connectivity index (χ1n) is 4.27. The van der Waals surface area contributed by atoms with Gasteiger partial charge in [0.25, 0.3) is 0 Å². The zero-order chi connectivity index (χ0) is 9.42. The number of benzene rings is 1. The second kappa shape index (κ2) is 3.07. The maximum atomic E-state index is 11.2. The van der Waals surface area contributed by atoms with Crippen LogP contribution in [-0.4, -0.2) is 18.4 Å². The largest absolute Gasteiger partial charge is 0.325 e. The number of hydrogen-bond acceptors (Lipinski definition) is 1. The molecule has 1 N–H and O–H groups in total. The lowest BCUT2D eigenvalue weighted by Gasteiger charge is -2.13. The standard InChI is InChI=1S/C10H13NOS/c1-13(2)9-5-3-4-8-7(9)6-10(12)11-8/h3-5,13H,6H2,1-2H3,(H,11,12). The highest BCUT2D eigenvalue weighted by Crippen LogP contribution is 2.37. The van der Waals surface area contributed by atoms with E-state index in [0.29, 0.717) is 6.42 Å². The van der Waals surface area contributed by atoms with E-state index < -0.39 is 0 Å². The molecule has 0 aromatic heterocycles. The Morgan fingerprint density at radius 3 is 2.85 bits per heavy atom. The Kier molecular flexibility index (Phi) is 2.04. The lowest BCUT2D eigenvalue weighted by molar-refractivity contribution is -0.115. The van der Waals surface area contributed by atoms with Crippen LogP contribution in [0.2, 0.25) is 0 Å². The number of fused-ring (bicyclic) bond motifs is 1. The summed E-state index contributed by atoms with van der Waals surface area (Å²) in [6.07, 6.45) is 4.99. The summed E-state index contributed by atoms with van der Waals surface area (Å²) in [5, 5.41) is 2.86.